The van der Waals surface area contributed by atoms with E-state index in [1.807, 2.05) is 6.92 Å². The minimum Gasteiger partial charge on any atom is -0.395 e. The molecular formula is C13H20N2O3. The van der Waals surface area contributed by atoms with Crippen LogP contribution in [0.2, 0.25) is 0 Å². The summed E-state index contributed by atoms with van der Waals surface area (Å²) in [6.45, 7) is 1.66. The van der Waals surface area contributed by atoms with Gasteiger partial charge in [-0.15, -0.1) is 0 Å². The molecule has 0 heterocycles. The van der Waals surface area contributed by atoms with Gasteiger partial charge in [-0.05, 0) is 24.1 Å². The molecule has 0 radical (unpaired) electrons. The first-order valence-electron chi connectivity index (χ1n) is 6.02. The van der Waals surface area contributed by atoms with Crippen LogP contribution < -0.4 is 11.1 Å². The van der Waals surface area contributed by atoms with Crippen LogP contribution in [-0.4, -0.2) is 28.8 Å². The summed E-state index contributed by atoms with van der Waals surface area (Å²) in [6, 6.07) is 6.07. The second kappa shape index (κ2) is 7.10. The van der Waals surface area contributed by atoms with Gasteiger partial charge in [0.2, 0.25) is 5.91 Å². The monoisotopic (exact) mass is 252 g/mol. The number of anilines is 1. The van der Waals surface area contributed by atoms with Crippen molar-refractivity contribution in [2.75, 3.05) is 11.9 Å². The predicted octanol–water partition coefficient (Wildman–Crippen LogP) is 0.778. The number of hydrogen-bond acceptors (Lipinski definition) is 4. The SMILES string of the molecule is CCCC(=O)Nc1ccc([C@@H](O)[C@H](N)CO)cc1. The molecular weight excluding hydrogens is 232 g/mol. The van der Waals surface area contributed by atoms with E-state index in [-0.39, 0.29) is 12.5 Å². The van der Waals surface area contributed by atoms with Gasteiger partial charge in [-0.1, -0.05) is 19.1 Å². The summed E-state index contributed by atoms with van der Waals surface area (Å²) in [5, 5.41) is 21.4. The molecule has 0 aliphatic rings. The zero-order chi connectivity index (χ0) is 13.5. The molecule has 0 aliphatic carbocycles. The predicted molar refractivity (Wildman–Crippen MR) is 70.0 cm³/mol. The van der Waals surface area contributed by atoms with Crippen molar-refractivity contribution in [3.63, 3.8) is 0 Å². The Morgan fingerprint density at radius 1 is 1.39 bits per heavy atom. The summed E-state index contributed by atoms with van der Waals surface area (Å²) in [5.74, 6) is -0.0298. The number of carbonyl (C=O) groups excluding carboxylic acids is 1. The molecule has 18 heavy (non-hydrogen) atoms. The van der Waals surface area contributed by atoms with Crippen LogP contribution in [0.5, 0.6) is 0 Å². The Morgan fingerprint density at radius 3 is 2.50 bits per heavy atom. The van der Waals surface area contributed by atoms with Crippen molar-refractivity contribution < 1.29 is 15.0 Å². The third kappa shape index (κ3) is 4.10. The maximum Gasteiger partial charge on any atom is 0.224 e. The van der Waals surface area contributed by atoms with E-state index in [2.05, 4.69) is 5.32 Å². The number of amides is 1. The van der Waals surface area contributed by atoms with Crippen molar-refractivity contribution in [3.05, 3.63) is 29.8 Å². The van der Waals surface area contributed by atoms with Crippen LogP contribution >= 0.6 is 0 Å². The highest BCUT2D eigenvalue weighted by molar-refractivity contribution is 5.90. The molecule has 0 saturated carbocycles. The fourth-order valence-electron chi connectivity index (χ4n) is 1.56. The first kappa shape index (κ1) is 14.6. The van der Waals surface area contributed by atoms with E-state index in [0.717, 1.165) is 6.42 Å². The number of hydrogen-bond donors (Lipinski definition) is 4. The third-order valence-electron chi connectivity index (χ3n) is 2.63. The van der Waals surface area contributed by atoms with Crippen LogP contribution in [0, 0.1) is 0 Å². The van der Waals surface area contributed by atoms with E-state index in [1.54, 1.807) is 24.3 Å². The number of aliphatic hydroxyl groups excluding tert-OH is 2. The van der Waals surface area contributed by atoms with Gasteiger partial charge in [-0.2, -0.15) is 0 Å². The van der Waals surface area contributed by atoms with Gasteiger partial charge in [0.05, 0.1) is 18.8 Å². The van der Waals surface area contributed by atoms with Crippen molar-refractivity contribution in [1.29, 1.82) is 0 Å². The van der Waals surface area contributed by atoms with Crippen LogP contribution in [0.15, 0.2) is 24.3 Å². The molecule has 0 saturated heterocycles. The fourth-order valence-corrected chi connectivity index (χ4v) is 1.56. The molecule has 0 spiro atoms. The quantitative estimate of drug-likeness (QED) is 0.601. The molecule has 5 nitrogen and oxygen atoms in total. The molecule has 1 aromatic rings. The minimum absolute atomic E-state index is 0.0298. The van der Waals surface area contributed by atoms with Crippen LogP contribution in [0.4, 0.5) is 5.69 Å². The Hall–Kier alpha value is -1.43. The molecule has 1 rings (SSSR count). The van der Waals surface area contributed by atoms with Crippen LogP contribution in [-0.2, 0) is 4.79 Å². The lowest BCUT2D eigenvalue weighted by Gasteiger charge is -2.17. The number of nitrogens with one attached hydrogen (secondary N) is 1. The Morgan fingerprint density at radius 2 is 2.00 bits per heavy atom. The molecule has 0 aromatic heterocycles. The molecule has 0 aliphatic heterocycles. The first-order valence-corrected chi connectivity index (χ1v) is 6.02. The molecule has 100 valence electrons. The van der Waals surface area contributed by atoms with Crippen molar-refractivity contribution >= 4 is 11.6 Å². The number of benzene rings is 1. The summed E-state index contributed by atoms with van der Waals surface area (Å²) in [5.41, 5.74) is 6.84. The Balaban J connectivity index is 2.65. The lowest BCUT2D eigenvalue weighted by molar-refractivity contribution is -0.116. The molecule has 5 heteroatoms. The number of carbonyl (C=O) groups is 1. The van der Waals surface area contributed by atoms with E-state index < -0.39 is 12.1 Å². The van der Waals surface area contributed by atoms with Gasteiger partial charge in [0.1, 0.15) is 0 Å². The number of rotatable bonds is 6. The zero-order valence-corrected chi connectivity index (χ0v) is 10.5. The summed E-state index contributed by atoms with van der Waals surface area (Å²) < 4.78 is 0. The largest absolute Gasteiger partial charge is 0.395 e. The second-order valence-corrected chi connectivity index (χ2v) is 4.21. The highest BCUT2D eigenvalue weighted by Gasteiger charge is 2.15. The van der Waals surface area contributed by atoms with Gasteiger partial charge in [0.25, 0.3) is 0 Å². The molecule has 0 bridgehead atoms. The van der Waals surface area contributed by atoms with Crippen molar-refractivity contribution in [1.82, 2.24) is 0 Å². The average molecular weight is 252 g/mol. The van der Waals surface area contributed by atoms with Crippen LogP contribution in [0.1, 0.15) is 31.4 Å². The second-order valence-electron chi connectivity index (χ2n) is 4.21. The standard InChI is InChI=1S/C13H20N2O3/c1-2-3-12(17)15-10-6-4-9(5-7-10)13(18)11(14)8-16/h4-7,11,13,16,18H,2-3,8,14H2,1H3,(H,15,17)/t11-,13-/m1/s1. The van der Waals surface area contributed by atoms with Gasteiger partial charge in [-0.25, -0.2) is 0 Å². The average Bonchev–Trinajstić information content (AvgIpc) is 2.38. The van der Waals surface area contributed by atoms with Gasteiger partial charge < -0.3 is 21.3 Å². The van der Waals surface area contributed by atoms with Gasteiger partial charge in [0, 0.05) is 12.1 Å². The van der Waals surface area contributed by atoms with Crippen molar-refractivity contribution in [2.24, 2.45) is 5.73 Å². The summed E-state index contributed by atoms with van der Waals surface area (Å²) >= 11 is 0. The summed E-state index contributed by atoms with van der Waals surface area (Å²) in [6.07, 6.45) is 0.378. The van der Waals surface area contributed by atoms with E-state index in [4.69, 9.17) is 10.8 Å². The van der Waals surface area contributed by atoms with Gasteiger partial charge in [0.15, 0.2) is 0 Å². The summed E-state index contributed by atoms with van der Waals surface area (Å²) in [4.78, 5) is 11.4. The van der Waals surface area contributed by atoms with Crippen molar-refractivity contribution in [2.45, 2.75) is 31.9 Å². The highest BCUT2D eigenvalue weighted by atomic mass is 16.3. The number of nitrogens with two attached hydrogens (primary N) is 1. The third-order valence-corrected chi connectivity index (χ3v) is 2.63. The molecule has 2 atom stereocenters. The molecule has 0 unspecified atom stereocenters. The van der Waals surface area contributed by atoms with E-state index >= 15 is 0 Å². The maximum atomic E-state index is 11.4. The molecule has 0 fully saturated rings. The first-order chi connectivity index (χ1) is 8.58. The molecule has 5 N–H and O–H groups in total. The van der Waals surface area contributed by atoms with Crippen LogP contribution in [0.25, 0.3) is 0 Å². The summed E-state index contributed by atoms with van der Waals surface area (Å²) in [7, 11) is 0. The van der Waals surface area contributed by atoms with Crippen molar-refractivity contribution in [3.8, 4) is 0 Å². The normalized spacial score (nSPS) is 14.0. The minimum atomic E-state index is -0.907. The lowest BCUT2D eigenvalue weighted by atomic mass is 10.0. The van der Waals surface area contributed by atoms with Gasteiger partial charge in [-0.3, -0.25) is 4.79 Å². The zero-order valence-electron chi connectivity index (χ0n) is 10.5. The van der Waals surface area contributed by atoms with Gasteiger partial charge >= 0.3 is 0 Å². The Labute approximate surface area is 107 Å². The molecule has 1 amide bonds. The van der Waals surface area contributed by atoms with E-state index in [9.17, 15) is 9.90 Å². The lowest BCUT2D eigenvalue weighted by Crippen LogP contribution is -2.31. The molecule has 1 aromatic carbocycles. The van der Waals surface area contributed by atoms with E-state index in [0.29, 0.717) is 17.7 Å². The topological polar surface area (TPSA) is 95.6 Å². The fraction of sp³-hybridized carbons (Fsp3) is 0.462. The van der Waals surface area contributed by atoms with Crippen LogP contribution in [0.3, 0.4) is 0 Å². The number of aliphatic hydroxyl groups is 2. The highest BCUT2D eigenvalue weighted by Crippen LogP contribution is 2.18. The maximum absolute atomic E-state index is 11.4. The van der Waals surface area contributed by atoms with E-state index in [1.165, 1.54) is 0 Å². The Kier molecular flexibility index (Phi) is 5.77. The smallest absolute Gasteiger partial charge is 0.224 e. The Bertz CT molecular complexity index is 378.